The number of nitrogens with zero attached hydrogens (tertiary/aromatic N) is 1. The van der Waals surface area contributed by atoms with E-state index in [9.17, 15) is 22.8 Å². The van der Waals surface area contributed by atoms with Crippen molar-refractivity contribution in [1.82, 2.24) is 15.5 Å². The van der Waals surface area contributed by atoms with Crippen LogP contribution in [0.4, 0.5) is 18.9 Å². The van der Waals surface area contributed by atoms with Crippen molar-refractivity contribution in [3.05, 3.63) is 28.8 Å². The van der Waals surface area contributed by atoms with E-state index in [1.807, 2.05) is 0 Å². The molecule has 3 N–H and O–H groups in total. The second kappa shape index (κ2) is 8.79. The molecule has 0 bridgehead atoms. The summed E-state index contributed by atoms with van der Waals surface area (Å²) in [5.74, 6) is -0.636. The van der Waals surface area contributed by atoms with Crippen molar-refractivity contribution in [2.45, 2.75) is 37.5 Å². The van der Waals surface area contributed by atoms with E-state index >= 15 is 0 Å². The van der Waals surface area contributed by atoms with Crippen molar-refractivity contribution in [3.63, 3.8) is 0 Å². The van der Waals surface area contributed by atoms with Crippen LogP contribution in [0.15, 0.2) is 18.2 Å². The highest BCUT2D eigenvalue weighted by Gasteiger charge is 2.40. The highest BCUT2D eigenvalue weighted by molar-refractivity contribution is 6.31. The number of piperidine rings is 2. The molecule has 6 nitrogen and oxygen atoms in total. The first-order valence-corrected chi connectivity index (χ1v) is 9.95. The molecule has 2 heterocycles. The van der Waals surface area contributed by atoms with E-state index < -0.39 is 17.8 Å². The van der Waals surface area contributed by atoms with Crippen LogP contribution in [0.5, 0.6) is 0 Å². The molecule has 1 aromatic rings. The maximum absolute atomic E-state index is 13.1. The van der Waals surface area contributed by atoms with Crippen molar-refractivity contribution in [2.75, 3.05) is 32.0 Å². The molecule has 0 spiro atoms. The Hall–Kier alpha value is -2.00. The molecule has 3 rings (SSSR count). The van der Waals surface area contributed by atoms with Crippen LogP contribution in [0.3, 0.4) is 0 Å². The first-order chi connectivity index (χ1) is 13.7. The van der Waals surface area contributed by atoms with Gasteiger partial charge in [0.1, 0.15) is 6.04 Å². The molecule has 160 valence electrons. The number of rotatable bonds is 4. The Morgan fingerprint density at radius 2 is 2.03 bits per heavy atom. The smallest absolute Gasteiger partial charge is 0.374 e. The summed E-state index contributed by atoms with van der Waals surface area (Å²) in [7, 11) is 1.57. The molecule has 2 amide bonds. The summed E-state index contributed by atoms with van der Waals surface area (Å²) in [5, 5.41) is 8.73. The lowest BCUT2D eigenvalue weighted by Gasteiger charge is -2.43. The van der Waals surface area contributed by atoms with E-state index in [1.54, 1.807) is 11.9 Å². The lowest BCUT2D eigenvalue weighted by Crippen LogP contribution is -2.61. The van der Waals surface area contributed by atoms with E-state index in [2.05, 4.69) is 16.0 Å². The van der Waals surface area contributed by atoms with Gasteiger partial charge in [-0.05, 0) is 44.0 Å². The fourth-order valence-electron chi connectivity index (χ4n) is 4.06. The highest BCUT2D eigenvalue weighted by atomic mass is 35.5. The first kappa shape index (κ1) is 21.7. The highest BCUT2D eigenvalue weighted by Crippen LogP contribution is 2.34. The molecule has 3 atom stereocenters. The number of carbonyl (C=O) groups excluding carboxylic acids is 2. The molecule has 1 aromatic carbocycles. The second-order valence-corrected chi connectivity index (χ2v) is 7.81. The molecule has 10 heteroatoms. The number of hydrogen-bond acceptors (Lipinski definition) is 4. The maximum atomic E-state index is 13.1. The standard InChI is InChI=1S/C19H24ClF3N4O2/c1-24-17(28)14-4-5-25-10-16(14)27-6-2-3-15(18(27)29)26-13-8-11(19(21,22)23)7-12(20)9-13/h7-9,14-16,25-26H,2-6,10H2,1H3,(H,24,28). The molecule has 0 aliphatic carbocycles. The Morgan fingerprint density at radius 3 is 2.72 bits per heavy atom. The summed E-state index contributed by atoms with van der Waals surface area (Å²) < 4.78 is 39.2. The molecule has 2 aliphatic heterocycles. The average Bonchev–Trinajstić information content (AvgIpc) is 2.68. The van der Waals surface area contributed by atoms with Gasteiger partial charge in [0, 0.05) is 30.8 Å². The second-order valence-electron chi connectivity index (χ2n) is 7.38. The lowest BCUT2D eigenvalue weighted by molar-refractivity contribution is -0.141. The van der Waals surface area contributed by atoms with Gasteiger partial charge in [-0.1, -0.05) is 11.6 Å². The molecular formula is C19H24ClF3N4O2. The number of likely N-dealkylation sites (tertiary alicyclic amines) is 1. The average molecular weight is 433 g/mol. The minimum atomic E-state index is -4.53. The third kappa shape index (κ3) is 4.95. The largest absolute Gasteiger partial charge is 0.416 e. The molecule has 29 heavy (non-hydrogen) atoms. The Labute approximate surface area is 172 Å². The number of alkyl halides is 3. The summed E-state index contributed by atoms with van der Waals surface area (Å²) in [4.78, 5) is 27.0. The molecule has 2 aliphatic rings. The van der Waals surface area contributed by atoms with Gasteiger partial charge in [0.25, 0.3) is 0 Å². The van der Waals surface area contributed by atoms with Crippen molar-refractivity contribution >= 4 is 29.1 Å². The molecule has 3 unspecified atom stereocenters. The predicted octanol–water partition coefficient (Wildman–Crippen LogP) is 2.49. The van der Waals surface area contributed by atoms with Crippen LogP contribution in [-0.2, 0) is 15.8 Å². The fourth-order valence-corrected chi connectivity index (χ4v) is 4.30. The van der Waals surface area contributed by atoms with Crippen molar-refractivity contribution in [2.24, 2.45) is 5.92 Å². The van der Waals surface area contributed by atoms with Crippen LogP contribution in [0.25, 0.3) is 0 Å². The SMILES string of the molecule is CNC(=O)C1CCNCC1N1CCCC(Nc2cc(Cl)cc(C(F)(F)F)c2)C1=O. The van der Waals surface area contributed by atoms with Crippen LogP contribution in [0.2, 0.25) is 5.02 Å². The van der Waals surface area contributed by atoms with Crippen LogP contribution in [0.1, 0.15) is 24.8 Å². The van der Waals surface area contributed by atoms with E-state index in [1.165, 1.54) is 6.07 Å². The van der Waals surface area contributed by atoms with E-state index in [4.69, 9.17) is 11.6 Å². The summed E-state index contributed by atoms with van der Waals surface area (Å²) in [6.45, 7) is 1.72. The normalized spacial score (nSPS) is 25.6. The monoisotopic (exact) mass is 432 g/mol. The summed E-state index contributed by atoms with van der Waals surface area (Å²) in [6, 6.07) is 2.22. The minimum absolute atomic E-state index is 0.0569. The minimum Gasteiger partial charge on any atom is -0.374 e. The van der Waals surface area contributed by atoms with Crippen LogP contribution in [-0.4, -0.2) is 55.5 Å². The molecular weight excluding hydrogens is 409 g/mol. The summed E-state index contributed by atoms with van der Waals surface area (Å²) >= 11 is 5.84. The van der Waals surface area contributed by atoms with Gasteiger partial charge in [0.15, 0.2) is 0 Å². The number of nitrogens with one attached hydrogen (secondary N) is 3. The Bertz CT molecular complexity index is 774. The van der Waals surface area contributed by atoms with Crippen LogP contribution < -0.4 is 16.0 Å². The van der Waals surface area contributed by atoms with Crippen molar-refractivity contribution in [1.29, 1.82) is 0 Å². The Morgan fingerprint density at radius 1 is 1.28 bits per heavy atom. The number of anilines is 1. The molecule has 2 fully saturated rings. The summed E-state index contributed by atoms with van der Waals surface area (Å²) in [5.41, 5.74) is -0.724. The molecule has 0 saturated carbocycles. The zero-order chi connectivity index (χ0) is 21.2. The summed E-state index contributed by atoms with van der Waals surface area (Å²) in [6.07, 6.45) is -2.73. The van der Waals surface area contributed by atoms with Gasteiger partial charge >= 0.3 is 6.18 Å². The maximum Gasteiger partial charge on any atom is 0.416 e. The van der Waals surface area contributed by atoms with Crippen molar-refractivity contribution in [3.8, 4) is 0 Å². The lowest BCUT2D eigenvalue weighted by atomic mass is 9.88. The zero-order valence-corrected chi connectivity index (χ0v) is 16.7. The number of benzene rings is 1. The van der Waals surface area contributed by atoms with Gasteiger partial charge in [0.05, 0.1) is 17.5 Å². The zero-order valence-electron chi connectivity index (χ0n) is 16.0. The van der Waals surface area contributed by atoms with E-state index in [-0.39, 0.29) is 34.5 Å². The van der Waals surface area contributed by atoms with Crippen LogP contribution in [0, 0.1) is 5.92 Å². The number of carbonyl (C=O) groups is 2. The molecule has 0 radical (unpaired) electrons. The third-order valence-electron chi connectivity index (χ3n) is 5.47. The first-order valence-electron chi connectivity index (χ1n) is 9.58. The Kier molecular flexibility index (Phi) is 6.58. The fraction of sp³-hybridized carbons (Fsp3) is 0.579. The Balaban J connectivity index is 1.78. The van der Waals surface area contributed by atoms with Gasteiger partial charge in [-0.25, -0.2) is 0 Å². The van der Waals surface area contributed by atoms with Gasteiger partial charge in [-0.2, -0.15) is 13.2 Å². The van der Waals surface area contributed by atoms with Crippen LogP contribution >= 0.6 is 11.6 Å². The van der Waals surface area contributed by atoms with Gasteiger partial charge in [-0.15, -0.1) is 0 Å². The van der Waals surface area contributed by atoms with Gasteiger partial charge in [-0.3, -0.25) is 9.59 Å². The predicted molar refractivity (Wildman–Crippen MR) is 104 cm³/mol. The van der Waals surface area contributed by atoms with Gasteiger partial charge in [0.2, 0.25) is 11.8 Å². The van der Waals surface area contributed by atoms with Crippen molar-refractivity contribution < 1.29 is 22.8 Å². The number of amides is 2. The quantitative estimate of drug-likeness (QED) is 0.683. The topological polar surface area (TPSA) is 73.5 Å². The third-order valence-corrected chi connectivity index (χ3v) is 5.69. The molecule has 2 saturated heterocycles. The van der Waals surface area contributed by atoms with E-state index in [0.29, 0.717) is 38.9 Å². The van der Waals surface area contributed by atoms with E-state index in [0.717, 1.165) is 12.1 Å². The van der Waals surface area contributed by atoms with Gasteiger partial charge < -0.3 is 20.9 Å². The number of hydrogen-bond donors (Lipinski definition) is 3. The molecule has 0 aromatic heterocycles. The number of halogens is 4.